The lowest BCUT2D eigenvalue weighted by Crippen LogP contribution is -2.58. The van der Waals surface area contributed by atoms with Gasteiger partial charge in [-0.15, -0.1) is 11.3 Å². The van der Waals surface area contributed by atoms with Crippen LogP contribution in [0.3, 0.4) is 0 Å². The van der Waals surface area contributed by atoms with Gasteiger partial charge < -0.3 is 20.4 Å². The number of rotatable bonds is 9. The van der Waals surface area contributed by atoms with Crippen molar-refractivity contribution in [2.24, 2.45) is 28.6 Å². The average Bonchev–Trinajstić information content (AvgIpc) is 3.59. The van der Waals surface area contributed by atoms with Gasteiger partial charge in [-0.2, -0.15) is 0 Å². The summed E-state index contributed by atoms with van der Waals surface area (Å²) in [6.07, 6.45) is 9.58. The molecule has 0 amide bonds. The quantitative estimate of drug-likeness (QED) is 0.168. The zero-order chi connectivity index (χ0) is 34.4. The number of aliphatic hydroxyl groups excluding tert-OH is 3. The number of thiophene rings is 1. The number of aryl methyl sites for hydroxylation is 1. The number of nitrogens with zero attached hydrogens (tertiary/aromatic N) is 1. The summed E-state index contributed by atoms with van der Waals surface area (Å²) < 4.78 is 0. The number of aliphatic hydroxyl groups is 4. The Morgan fingerprint density at radius 1 is 1.06 bits per heavy atom. The SMILES string of the molecule is CC1=CCC[C@@]2(C)[C@@H](CC[C@@]2(O)CN(C[C@H](O)CO)C[C@@H]2CC[C@H]3C[C@@H]2C3(C)C)c2ccc(cc2C(=O)c2ccc(C)s2)C[C@@H](O)CC1. The molecular weight excluding hydrogens is 619 g/mol. The topological polar surface area (TPSA) is 101 Å². The van der Waals surface area contributed by atoms with Gasteiger partial charge in [-0.3, -0.25) is 9.69 Å². The predicted octanol–water partition coefficient (Wildman–Crippen LogP) is 7.05. The maximum atomic E-state index is 14.2. The van der Waals surface area contributed by atoms with E-state index in [-0.39, 0.29) is 18.3 Å². The third-order valence-corrected chi connectivity index (χ3v) is 14.5. The van der Waals surface area contributed by atoms with Crippen molar-refractivity contribution in [3.05, 3.63) is 68.4 Å². The minimum absolute atomic E-state index is 0.0199. The minimum Gasteiger partial charge on any atom is -0.394 e. The normalized spacial score (nSPS) is 33.9. The van der Waals surface area contributed by atoms with E-state index in [0.717, 1.165) is 59.0 Å². The molecule has 1 aromatic heterocycles. The second-order valence-corrected chi connectivity index (χ2v) is 18.2. The molecule has 4 fully saturated rings. The van der Waals surface area contributed by atoms with E-state index >= 15 is 0 Å². The minimum atomic E-state index is -1.05. The van der Waals surface area contributed by atoms with E-state index in [1.54, 1.807) is 0 Å². The number of benzene rings is 1. The Bertz CT molecular complexity index is 1500. The molecule has 6 aliphatic carbocycles. The second-order valence-electron chi connectivity index (χ2n) is 16.9. The van der Waals surface area contributed by atoms with Crippen LogP contribution in [0.2, 0.25) is 0 Å². The number of carbonyl (C=O) groups excluding carboxylic acids is 1. The summed E-state index contributed by atoms with van der Waals surface area (Å²) in [6, 6.07) is 10.1. The van der Waals surface area contributed by atoms with Crippen LogP contribution in [0.4, 0.5) is 0 Å². The molecule has 6 aliphatic rings. The van der Waals surface area contributed by atoms with Gasteiger partial charge in [0.2, 0.25) is 5.78 Å². The first-order chi connectivity index (χ1) is 22.7. The molecule has 1 heterocycles. The van der Waals surface area contributed by atoms with Crippen molar-refractivity contribution in [3.63, 3.8) is 0 Å². The third-order valence-electron chi connectivity index (χ3n) is 13.5. The first kappa shape index (κ1) is 35.9. The molecule has 1 aromatic carbocycles. The smallest absolute Gasteiger partial charge is 0.203 e. The Morgan fingerprint density at radius 2 is 1.85 bits per heavy atom. The molecular formula is C41H59NO5S. The lowest BCUT2D eigenvalue weighted by molar-refractivity contribution is -0.126. The van der Waals surface area contributed by atoms with E-state index in [1.807, 2.05) is 25.1 Å². The van der Waals surface area contributed by atoms with Crippen LogP contribution in [0.25, 0.3) is 0 Å². The van der Waals surface area contributed by atoms with Gasteiger partial charge in [0.25, 0.3) is 0 Å². The number of fused-ring (bicyclic) bond motifs is 10. The lowest BCUT2D eigenvalue weighted by atomic mass is 9.45. The molecule has 4 N–H and O–H groups in total. The Balaban J connectivity index is 1.37. The van der Waals surface area contributed by atoms with Crippen molar-refractivity contribution in [2.45, 2.75) is 123 Å². The predicted molar refractivity (Wildman–Crippen MR) is 194 cm³/mol. The van der Waals surface area contributed by atoms with Gasteiger partial charge >= 0.3 is 0 Å². The molecule has 0 radical (unpaired) electrons. The van der Waals surface area contributed by atoms with Gasteiger partial charge in [-0.1, -0.05) is 44.6 Å². The molecule has 0 spiro atoms. The fraction of sp³-hybridized carbons (Fsp3) is 0.683. The Labute approximate surface area is 292 Å². The fourth-order valence-electron chi connectivity index (χ4n) is 10.3. The molecule has 8 rings (SSSR count). The number of carbonyl (C=O) groups is 1. The highest BCUT2D eigenvalue weighted by Crippen LogP contribution is 2.62. The van der Waals surface area contributed by atoms with E-state index in [9.17, 15) is 25.2 Å². The Kier molecular flexibility index (Phi) is 10.5. The molecule has 8 atom stereocenters. The van der Waals surface area contributed by atoms with Gasteiger partial charge in [-0.25, -0.2) is 0 Å². The van der Waals surface area contributed by atoms with Crippen LogP contribution in [-0.4, -0.2) is 75.2 Å². The van der Waals surface area contributed by atoms with Crippen molar-refractivity contribution in [3.8, 4) is 0 Å². The summed E-state index contributed by atoms with van der Waals surface area (Å²) in [7, 11) is 0. The molecule has 0 aliphatic heterocycles. The van der Waals surface area contributed by atoms with E-state index in [4.69, 9.17) is 0 Å². The van der Waals surface area contributed by atoms with Gasteiger partial charge in [0.1, 0.15) is 0 Å². The van der Waals surface area contributed by atoms with Crippen LogP contribution in [0.1, 0.15) is 123 Å². The Hall–Kier alpha value is -1.87. The summed E-state index contributed by atoms with van der Waals surface area (Å²) >= 11 is 1.52. The zero-order valence-corrected chi connectivity index (χ0v) is 30.7. The third kappa shape index (κ3) is 6.89. The Morgan fingerprint density at radius 3 is 2.54 bits per heavy atom. The van der Waals surface area contributed by atoms with Crippen LogP contribution in [0.5, 0.6) is 0 Å². The number of ketones is 1. The molecule has 0 saturated heterocycles. The first-order valence-electron chi connectivity index (χ1n) is 18.6. The maximum absolute atomic E-state index is 14.2. The highest BCUT2D eigenvalue weighted by atomic mass is 32.1. The van der Waals surface area contributed by atoms with E-state index in [2.05, 4.69) is 50.8 Å². The number of hydrogen-bond acceptors (Lipinski definition) is 7. The lowest BCUT2D eigenvalue weighted by Gasteiger charge is -2.61. The zero-order valence-electron chi connectivity index (χ0n) is 29.9. The molecule has 0 unspecified atom stereocenters. The molecule has 7 heteroatoms. The van der Waals surface area contributed by atoms with Gasteiger partial charge in [0.05, 0.1) is 29.3 Å². The highest BCUT2D eigenvalue weighted by Gasteiger charge is 2.58. The van der Waals surface area contributed by atoms with Gasteiger partial charge in [0, 0.05) is 35.5 Å². The van der Waals surface area contributed by atoms with Crippen molar-refractivity contribution < 1.29 is 25.2 Å². The van der Waals surface area contributed by atoms with E-state index in [0.29, 0.717) is 55.2 Å². The van der Waals surface area contributed by atoms with Crippen molar-refractivity contribution in [1.82, 2.24) is 4.90 Å². The van der Waals surface area contributed by atoms with E-state index in [1.165, 1.54) is 36.2 Å². The summed E-state index contributed by atoms with van der Waals surface area (Å²) in [4.78, 5) is 18.3. The fourth-order valence-corrected chi connectivity index (χ4v) is 11.1. The van der Waals surface area contributed by atoms with E-state index < -0.39 is 23.2 Å². The molecule has 2 aromatic rings. The monoisotopic (exact) mass is 677 g/mol. The van der Waals surface area contributed by atoms with Gasteiger partial charge in [-0.05, 0) is 136 Å². The van der Waals surface area contributed by atoms with Crippen LogP contribution in [0.15, 0.2) is 42.0 Å². The summed E-state index contributed by atoms with van der Waals surface area (Å²) in [5.74, 6) is 1.95. The molecule has 4 bridgehead atoms. The second kappa shape index (κ2) is 14.0. The molecule has 6 nitrogen and oxygen atoms in total. The summed E-state index contributed by atoms with van der Waals surface area (Å²) in [5, 5.41) is 44.5. The molecule has 4 saturated carbocycles. The first-order valence-corrected chi connectivity index (χ1v) is 19.4. The van der Waals surface area contributed by atoms with Gasteiger partial charge in [0.15, 0.2) is 0 Å². The number of allylic oxidation sites excluding steroid dienone is 2. The van der Waals surface area contributed by atoms with Crippen LogP contribution >= 0.6 is 11.3 Å². The van der Waals surface area contributed by atoms with Crippen LogP contribution < -0.4 is 0 Å². The van der Waals surface area contributed by atoms with Crippen molar-refractivity contribution in [2.75, 3.05) is 26.2 Å². The summed E-state index contributed by atoms with van der Waals surface area (Å²) in [6.45, 7) is 12.5. The van der Waals surface area contributed by atoms with Crippen LogP contribution in [0, 0.1) is 35.5 Å². The highest BCUT2D eigenvalue weighted by molar-refractivity contribution is 7.14. The van der Waals surface area contributed by atoms with Crippen molar-refractivity contribution in [1.29, 1.82) is 0 Å². The average molecular weight is 678 g/mol. The maximum Gasteiger partial charge on any atom is 0.203 e. The van der Waals surface area contributed by atoms with Crippen LogP contribution in [-0.2, 0) is 6.42 Å². The molecule has 48 heavy (non-hydrogen) atoms. The number of hydrogen-bond donors (Lipinski definition) is 4. The molecule has 264 valence electrons. The standard InChI is InChI=1S/C41H59NO5S/c1-26-7-6-17-40(5)35(33-14-10-28(19-31(44)13-8-26)20-34(33)38(46)37-15-9-27(2)48-37)16-18-41(40,47)25-42(23-32(45)24-43)22-29-11-12-30-21-36(29)39(30,3)4/h7,9-10,14-15,20,29-32,35-36,43-45,47H,6,8,11-13,16-19,21-25H2,1-5H3/t29-,30-,31-,32-,35-,36-,40-,41+/m0/s1. The van der Waals surface area contributed by atoms with Crippen molar-refractivity contribution >= 4 is 17.1 Å². The largest absolute Gasteiger partial charge is 0.394 e. The summed E-state index contributed by atoms with van der Waals surface area (Å²) in [5.41, 5.74) is 2.68.